The Morgan fingerprint density at radius 1 is 1.39 bits per heavy atom. The summed E-state index contributed by atoms with van der Waals surface area (Å²) in [4.78, 5) is 11.5. The molecule has 0 aliphatic heterocycles. The van der Waals surface area contributed by atoms with E-state index in [-0.39, 0.29) is 11.7 Å². The zero-order valence-electron chi connectivity index (χ0n) is 10.1. The fraction of sp³-hybridized carbons (Fsp3) is 0.364. The summed E-state index contributed by atoms with van der Waals surface area (Å²) in [6.45, 7) is 0.586. The molecule has 0 aromatic heterocycles. The van der Waals surface area contributed by atoms with Gasteiger partial charge in [-0.05, 0) is 24.7 Å². The zero-order chi connectivity index (χ0) is 13.6. The molecule has 0 unspecified atom stereocenters. The maximum absolute atomic E-state index is 11.5. The van der Waals surface area contributed by atoms with Gasteiger partial charge in [-0.2, -0.15) is 0 Å². The van der Waals surface area contributed by atoms with E-state index in [0.29, 0.717) is 24.2 Å². The Labute approximate surface area is 107 Å². The number of carbonyl (C=O) groups excluding carboxylic acids is 1. The van der Waals surface area contributed by atoms with Gasteiger partial charge >= 0.3 is 0 Å². The summed E-state index contributed by atoms with van der Waals surface area (Å²) in [7, 11) is -1.80. The Kier molecular flexibility index (Phi) is 5.26. The van der Waals surface area contributed by atoms with Crippen molar-refractivity contribution in [2.24, 2.45) is 5.14 Å². The first kappa shape index (κ1) is 14.6. The number of amides is 1. The number of nitrogens with one attached hydrogen (secondary N) is 2. The van der Waals surface area contributed by atoms with Gasteiger partial charge in [-0.3, -0.25) is 4.79 Å². The Bertz CT molecular complexity index is 514. The van der Waals surface area contributed by atoms with Crippen LogP contribution in [-0.4, -0.2) is 27.9 Å². The van der Waals surface area contributed by atoms with Crippen molar-refractivity contribution in [3.05, 3.63) is 29.8 Å². The molecule has 0 radical (unpaired) electrons. The minimum atomic E-state index is -3.56. The van der Waals surface area contributed by atoms with E-state index in [2.05, 4.69) is 10.6 Å². The lowest BCUT2D eigenvalue weighted by molar-refractivity contribution is -0.116. The zero-order valence-corrected chi connectivity index (χ0v) is 11.0. The lowest BCUT2D eigenvalue weighted by Gasteiger charge is -2.07. The van der Waals surface area contributed by atoms with Crippen molar-refractivity contribution in [2.45, 2.75) is 12.2 Å². The van der Waals surface area contributed by atoms with Gasteiger partial charge in [-0.25, -0.2) is 13.6 Å². The summed E-state index contributed by atoms with van der Waals surface area (Å²) in [6, 6.07) is 6.62. The average molecular weight is 271 g/mol. The van der Waals surface area contributed by atoms with Crippen LogP contribution in [0.25, 0.3) is 0 Å². The Hall–Kier alpha value is -1.44. The van der Waals surface area contributed by atoms with Crippen LogP contribution in [-0.2, 0) is 20.6 Å². The molecule has 0 saturated carbocycles. The van der Waals surface area contributed by atoms with Gasteiger partial charge in [0.25, 0.3) is 0 Å². The Morgan fingerprint density at radius 3 is 2.72 bits per heavy atom. The monoisotopic (exact) mass is 271 g/mol. The van der Waals surface area contributed by atoms with Gasteiger partial charge in [0.1, 0.15) is 0 Å². The summed E-state index contributed by atoms with van der Waals surface area (Å²) in [6.07, 6.45) is 0.357. The first-order valence-electron chi connectivity index (χ1n) is 5.44. The standard InChI is InChI=1S/C11H17N3O3S/c1-13-6-5-11(15)14-10-4-2-3-9(7-10)8-18(12,16)17/h2-4,7,13H,5-6,8H2,1H3,(H,14,15)(H2,12,16,17). The van der Waals surface area contributed by atoms with Crippen molar-refractivity contribution in [1.82, 2.24) is 5.32 Å². The van der Waals surface area contributed by atoms with Crippen molar-refractivity contribution in [3.63, 3.8) is 0 Å². The van der Waals surface area contributed by atoms with Crippen LogP contribution < -0.4 is 15.8 Å². The second kappa shape index (κ2) is 6.48. The van der Waals surface area contributed by atoms with Crippen molar-refractivity contribution >= 4 is 21.6 Å². The number of anilines is 1. The largest absolute Gasteiger partial charge is 0.326 e. The van der Waals surface area contributed by atoms with Crippen molar-refractivity contribution < 1.29 is 13.2 Å². The molecule has 4 N–H and O–H groups in total. The SMILES string of the molecule is CNCCC(=O)Nc1cccc(CS(N)(=O)=O)c1. The molecule has 18 heavy (non-hydrogen) atoms. The normalized spacial score (nSPS) is 11.2. The van der Waals surface area contributed by atoms with E-state index in [1.54, 1.807) is 31.3 Å². The number of hydrogen-bond acceptors (Lipinski definition) is 4. The third kappa shape index (κ3) is 5.76. The lowest BCUT2D eigenvalue weighted by Crippen LogP contribution is -2.19. The van der Waals surface area contributed by atoms with Gasteiger partial charge in [0.2, 0.25) is 15.9 Å². The van der Waals surface area contributed by atoms with Crippen LogP contribution in [0.15, 0.2) is 24.3 Å². The molecular weight excluding hydrogens is 254 g/mol. The maximum atomic E-state index is 11.5. The molecule has 7 heteroatoms. The molecule has 0 aliphatic rings. The van der Waals surface area contributed by atoms with Crippen LogP contribution in [0.5, 0.6) is 0 Å². The van der Waals surface area contributed by atoms with Gasteiger partial charge in [0, 0.05) is 18.7 Å². The first-order valence-corrected chi connectivity index (χ1v) is 7.16. The molecule has 6 nitrogen and oxygen atoms in total. The van der Waals surface area contributed by atoms with Gasteiger partial charge in [0.05, 0.1) is 5.75 Å². The number of nitrogens with two attached hydrogens (primary N) is 1. The summed E-state index contributed by atoms with van der Waals surface area (Å²) in [5.41, 5.74) is 1.11. The van der Waals surface area contributed by atoms with E-state index in [1.165, 1.54) is 0 Å². The summed E-state index contributed by atoms with van der Waals surface area (Å²) in [5.74, 6) is -0.371. The second-order valence-electron chi connectivity index (χ2n) is 3.91. The van der Waals surface area contributed by atoms with Crippen molar-refractivity contribution in [2.75, 3.05) is 18.9 Å². The number of hydrogen-bond donors (Lipinski definition) is 3. The molecule has 0 fully saturated rings. The third-order valence-electron chi connectivity index (χ3n) is 2.18. The van der Waals surface area contributed by atoms with Gasteiger partial charge in [-0.1, -0.05) is 12.1 Å². The van der Waals surface area contributed by atoms with Crippen molar-refractivity contribution in [1.29, 1.82) is 0 Å². The molecule has 0 aliphatic carbocycles. The molecule has 0 atom stereocenters. The number of rotatable bonds is 6. The van der Waals surface area contributed by atoms with Crippen LogP contribution in [0.1, 0.15) is 12.0 Å². The first-order chi connectivity index (χ1) is 8.40. The van der Waals surface area contributed by atoms with Crippen molar-refractivity contribution in [3.8, 4) is 0 Å². The molecule has 1 aromatic rings. The quantitative estimate of drug-likeness (QED) is 0.679. The topological polar surface area (TPSA) is 101 Å². The third-order valence-corrected chi connectivity index (χ3v) is 2.92. The minimum absolute atomic E-state index is 0.128. The summed E-state index contributed by atoms with van der Waals surface area (Å²) in [5, 5.41) is 10.5. The number of benzene rings is 1. The second-order valence-corrected chi connectivity index (χ2v) is 5.52. The van der Waals surface area contributed by atoms with Gasteiger partial charge in [0.15, 0.2) is 0 Å². The molecule has 1 amide bonds. The number of carbonyl (C=O) groups is 1. The van der Waals surface area contributed by atoms with Crippen LogP contribution in [0, 0.1) is 0 Å². The highest BCUT2D eigenvalue weighted by molar-refractivity contribution is 7.88. The fourth-order valence-corrected chi connectivity index (χ4v) is 2.08. The predicted octanol–water partition coefficient (Wildman–Crippen LogP) is 0.0231. The van der Waals surface area contributed by atoms with Crippen LogP contribution in [0.3, 0.4) is 0 Å². The van der Waals surface area contributed by atoms with E-state index >= 15 is 0 Å². The summed E-state index contributed by atoms with van der Waals surface area (Å²) >= 11 is 0. The van der Waals surface area contributed by atoms with Crippen LogP contribution in [0.4, 0.5) is 5.69 Å². The Balaban J connectivity index is 2.68. The maximum Gasteiger partial charge on any atom is 0.225 e. The molecule has 0 heterocycles. The molecule has 0 bridgehead atoms. The van der Waals surface area contributed by atoms with E-state index in [9.17, 15) is 13.2 Å². The highest BCUT2D eigenvalue weighted by Crippen LogP contribution is 2.12. The summed E-state index contributed by atoms with van der Waals surface area (Å²) < 4.78 is 21.9. The molecule has 1 rings (SSSR count). The number of primary sulfonamides is 1. The molecule has 0 saturated heterocycles. The molecular formula is C11H17N3O3S. The fourth-order valence-electron chi connectivity index (χ4n) is 1.43. The molecule has 1 aromatic carbocycles. The van der Waals surface area contributed by atoms with E-state index in [4.69, 9.17) is 5.14 Å². The van der Waals surface area contributed by atoms with E-state index in [1.807, 2.05) is 0 Å². The number of sulfonamides is 1. The molecule has 100 valence electrons. The van der Waals surface area contributed by atoms with Gasteiger partial charge < -0.3 is 10.6 Å². The van der Waals surface area contributed by atoms with Crippen LogP contribution >= 0.6 is 0 Å². The van der Waals surface area contributed by atoms with Crippen LogP contribution in [0.2, 0.25) is 0 Å². The van der Waals surface area contributed by atoms with E-state index in [0.717, 1.165) is 0 Å². The highest BCUT2D eigenvalue weighted by atomic mass is 32.2. The lowest BCUT2D eigenvalue weighted by atomic mass is 10.2. The van der Waals surface area contributed by atoms with Gasteiger partial charge in [-0.15, -0.1) is 0 Å². The highest BCUT2D eigenvalue weighted by Gasteiger charge is 2.06. The predicted molar refractivity (Wildman–Crippen MR) is 70.4 cm³/mol. The Morgan fingerprint density at radius 2 is 2.11 bits per heavy atom. The average Bonchev–Trinajstić information content (AvgIpc) is 2.24. The minimum Gasteiger partial charge on any atom is -0.326 e. The van der Waals surface area contributed by atoms with E-state index < -0.39 is 10.0 Å². The smallest absolute Gasteiger partial charge is 0.225 e. The molecule has 0 spiro atoms.